The van der Waals surface area contributed by atoms with E-state index in [1.54, 1.807) is 0 Å². The van der Waals surface area contributed by atoms with Crippen LogP contribution in [0.4, 0.5) is 0 Å². The molecule has 0 N–H and O–H groups in total. The third-order valence-corrected chi connectivity index (χ3v) is 1.45. The van der Waals surface area contributed by atoms with Gasteiger partial charge in [-0.15, -0.1) is 6.61 Å². The van der Waals surface area contributed by atoms with E-state index in [4.69, 9.17) is 0 Å². The number of hydrogen-bond acceptors (Lipinski definition) is 1. The van der Waals surface area contributed by atoms with Gasteiger partial charge in [0.05, 0.1) is 0 Å². The largest absolute Gasteiger partial charge is 1.00 e. The van der Waals surface area contributed by atoms with Crippen LogP contribution in [0.1, 0.15) is 59.3 Å². The average molecular weight is 193 g/mol. The summed E-state index contributed by atoms with van der Waals surface area (Å²) in [6.07, 6.45) is 7.19. The van der Waals surface area contributed by atoms with Crippen LogP contribution in [0.25, 0.3) is 0 Å². The summed E-state index contributed by atoms with van der Waals surface area (Å²) in [6.45, 7) is 6.62. The summed E-state index contributed by atoms with van der Waals surface area (Å²) in [4.78, 5) is 0. The van der Waals surface area contributed by atoms with Crippen molar-refractivity contribution in [3.8, 4) is 0 Å². The smallest absolute Gasteiger partial charge is 0.854 e. The first-order valence-corrected chi connectivity index (χ1v) is 4.91. The van der Waals surface area contributed by atoms with Gasteiger partial charge in [-0.05, 0) is 0 Å². The molecule has 0 amide bonds. The molecule has 0 aliphatic heterocycles. The standard InChI is InChI=1S/C5H11O.C5H12.B.Na/c1-2-3-4-5-6;1-3-5-4-2;;/h2-5H2,1H3;3-5H2,1-2H3;;/q-1;;;+1. The van der Waals surface area contributed by atoms with Gasteiger partial charge >= 0.3 is 29.6 Å². The van der Waals surface area contributed by atoms with E-state index >= 15 is 0 Å². The Kier molecular flexibility index (Phi) is 53.3. The summed E-state index contributed by atoms with van der Waals surface area (Å²) in [6, 6.07) is 0. The van der Waals surface area contributed by atoms with Crippen LogP contribution in [0.2, 0.25) is 0 Å². The fraction of sp³-hybridized carbons (Fsp3) is 1.00. The van der Waals surface area contributed by atoms with E-state index in [1.807, 2.05) is 0 Å². The van der Waals surface area contributed by atoms with Gasteiger partial charge in [0, 0.05) is 8.41 Å². The first kappa shape index (κ1) is 23.7. The second kappa shape index (κ2) is 29.2. The maximum atomic E-state index is 9.69. The molecule has 0 aromatic rings. The van der Waals surface area contributed by atoms with E-state index in [2.05, 4.69) is 20.8 Å². The predicted molar refractivity (Wildman–Crippen MR) is 55.3 cm³/mol. The van der Waals surface area contributed by atoms with E-state index in [0.29, 0.717) is 0 Å². The van der Waals surface area contributed by atoms with Gasteiger partial charge in [-0.3, -0.25) is 0 Å². The molecule has 0 fully saturated rings. The zero-order chi connectivity index (χ0) is 8.95. The van der Waals surface area contributed by atoms with E-state index in [-0.39, 0.29) is 44.6 Å². The summed E-state index contributed by atoms with van der Waals surface area (Å²) < 4.78 is 0. The molecule has 0 spiro atoms. The van der Waals surface area contributed by atoms with Gasteiger partial charge in [-0.25, -0.2) is 0 Å². The Morgan fingerprint density at radius 3 is 1.23 bits per heavy atom. The Bertz CT molecular complexity index is 48.2. The summed E-state index contributed by atoms with van der Waals surface area (Å²) in [7, 11) is 0. The van der Waals surface area contributed by atoms with Crippen molar-refractivity contribution in [1.82, 2.24) is 0 Å². The first-order chi connectivity index (χ1) is 5.33. The van der Waals surface area contributed by atoms with Crippen LogP contribution in [0, 0.1) is 0 Å². The third kappa shape index (κ3) is 43.6. The van der Waals surface area contributed by atoms with Crippen LogP contribution < -0.4 is 34.7 Å². The zero-order valence-corrected chi connectivity index (χ0v) is 11.9. The quantitative estimate of drug-likeness (QED) is 0.420. The van der Waals surface area contributed by atoms with Gasteiger partial charge in [-0.2, -0.15) is 0 Å². The monoisotopic (exact) mass is 193 g/mol. The molecule has 0 atom stereocenters. The Morgan fingerprint density at radius 2 is 1.15 bits per heavy atom. The van der Waals surface area contributed by atoms with Crippen LogP contribution in [-0.2, 0) is 0 Å². The molecule has 0 aromatic carbocycles. The molecule has 1 nitrogen and oxygen atoms in total. The molecule has 0 bridgehead atoms. The van der Waals surface area contributed by atoms with Gasteiger partial charge in [0.25, 0.3) is 0 Å². The minimum Gasteiger partial charge on any atom is -0.854 e. The fourth-order valence-corrected chi connectivity index (χ4v) is 0.706. The fourth-order valence-electron chi connectivity index (χ4n) is 0.706. The van der Waals surface area contributed by atoms with E-state index in [1.165, 1.54) is 19.3 Å². The maximum Gasteiger partial charge on any atom is 1.00 e. The second-order valence-corrected chi connectivity index (χ2v) is 2.76. The van der Waals surface area contributed by atoms with Crippen molar-refractivity contribution in [1.29, 1.82) is 0 Å². The average Bonchev–Trinajstić information content (AvgIpc) is 2.04. The van der Waals surface area contributed by atoms with Crippen molar-refractivity contribution in [3.05, 3.63) is 0 Å². The Labute approximate surface area is 109 Å². The summed E-state index contributed by atoms with van der Waals surface area (Å²) in [5.41, 5.74) is 0. The van der Waals surface area contributed by atoms with E-state index in [9.17, 15) is 5.11 Å². The molecule has 3 heteroatoms. The molecular formula is C10H23BNaO. The van der Waals surface area contributed by atoms with Gasteiger partial charge in [0.2, 0.25) is 0 Å². The van der Waals surface area contributed by atoms with Crippen molar-refractivity contribution < 1.29 is 34.7 Å². The minimum absolute atomic E-state index is 0. The number of rotatable bonds is 5. The molecule has 0 aromatic heterocycles. The van der Waals surface area contributed by atoms with E-state index < -0.39 is 0 Å². The van der Waals surface area contributed by atoms with Gasteiger partial charge in [0.15, 0.2) is 0 Å². The zero-order valence-electron chi connectivity index (χ0n) is 9.94. The van der Waals surface area contributed by atoms with Gasteiger partial charge in [-0.1, -0.05) is 59.3 Å². The molecule has 0 saturated carbocycles. The van der Waals surface area contributed by atoms with Gasteiger partial charge < -0.3 is 5.11 Å². The summed E-state index contributed by atoms with van der Waals surface area (Å²) in [5.74, 6) is 0. The molecule has 0 aliphatic rings. The SMILES string of the molecule is CCCCC.CCCCC[O-].[B].[Na+]. The van der Waals surface area contributed by atoms with Gasteiger partial charge in [0.1, 0.15) is 0 Å². The number of unbranched alkanes of at least 4 members (excludes halogenated alkanes) is 4. The predicted octanol–water partition coefficient (Wildman–Crippen LogP) is -0.643. The molecule has 73 valence electrons. The number of hydrogen-bond donors (Lipinski definition) is 0. The van der Waals surface area contributed by atoms with Crippen molar-refractivity contribution in [2.24, 2.45) is 0 Å². The molecule has 0 aliphatic carbocycles. The van der Waals surface area contributed by atoms with Crippen LogP contribution in [0.5, 0.6) is 0 Å². The van der Waals surface area contributed by atoms with Crippen LogP contribution in [0.15, 0.2) is 0 Å². The summed E-state index contributed by atoms with van der Waals surface area (Å²) in [5, 5.41) is 9.69. The summed E-state index contributed by atoms with van der Waals surface area (Å²) >= 11 is 0. The van der Waals surface area contributed by atoms with Crippen LogP contribution in [-0.4, -0.2) is 15.0 Å². The molecule has 0 heterocycles. The van der Waals surface area contributed by atoms with Crippen molar-refractivity contribution >= 4 is 8.41 Å². The molecule has 0 saturated heterocycles. The van der Waals surface area contributed by atoms with Crippen molar-refractivity contribution in [2.75, 3.05) is 6.61 Å². The maximum absolute atomic E-state index is 9.69. The Balaban J connectivity index is -0.0000000546. The Morgan fingerprint density at radius 1 is 0.769 bits per heavy atom. The van der Waals surface area contributed by atoms with E-state index in [0.717, 1.165) is 19.3 Å². The normalized spacial score (nSPS) is 7.38. The third-order valence-electron chi connectivity index (χ3n) is 1.45. The van der Waals surface area contributed by atoms with Crippen molar-refractivity contribution in [3.63, 3.8) is 0 Å². The molecule has 0 rings (SSSR count). The topological polar surface area (TPSA) is 23.1 Å². The molecule has 13 heavy (non-hydrogen) atoms. The molecular weight excluding hydrogens is 170 g/mol. The van der Waals surface area contributed by atoms with Crippen molar-refractivity contribution in [2.45, 2.75) is 59.3 Å². The first-order valence-electron chi connectivity index (χ1n) is 4.91. The minimum atomic E-state index is 0. The molecule has 0 unspecified atom stereocenters. The van der Waals surface area contributed by atoms with Crippen LogP contribution >= 0.6 is 0 Å². The van der Waals surface area contributed by atoms with Crippen LogP contribution in [0.3, 0.4) is 0 Å². The Hall–Kier alpha value is 1.02. The second-order valence-electron chi connectivity index (χ2n) is 2.76. The molecule has 3 radical (unpaired) electrons.